The fourth-order valence-electron chi connectivity index (χ4n) is 2.30. The Kier molecular flexibility index (Phi) is 10.9. The largest absolute Gasteiger partial charge is 0.470 e. The van der Waals surface area contributed by atoms with E-state index in [2.05, 4.69) is 13.6 Å². The van der Waals surface area contributed by atoms with Gasteiger partial charge in [-0.15, -0.1) is 0 Å². The highest BCUT2D eigenvalue weighted by molar-refractivity contribution is 7.47. The molecule has 30 heavy (non-hydrogen) atoms. The van der Waals surface area contributed by atoms with Crippen LogP contribution >= 0.6 is 23.5 Å². The van der Waals surface area contributed by atoms with Crippen LogP contribution in [0.2, 0.25) is 0 Å². The van der Waals surface area contributed by atoms with Gasteiger partial charge in [0, 0.05) is 0 Å². The summed E-state index contributed by atoms with van der Waals surface area (Å²) in [7, 11) is -16.0. The van der Waals surface area contributed by atoms with Gasteiger partial charge in [-0.2, -0.15) is 0 Å². The summed E-state index contributed by atoms with van der Waals surface area (Å²) in [5, 5.41) is 9.33. The molecule has 0 heterocycles. The molecule has 0 saturated heterocycles. The Bertz CT molecular complexity index is 771. The van der Waals surface area contributed by atoms with E-state index in [0.29, 0.717) is 6.42 Å². The van der Waals surface area contributed by atoms with Crippen molar-refractivity contribution in [1.82, 2.24) is 0 Å². The van der Waals surface area contributed by atoms with E-state index < -0.39 is 55.0 Å². The van der Waals surface area contributed by atoms with Crippen molar-refractivity contribution in [3.05, 3.63) is 35.9 Å². The van der Waals surface area contributed by atoms with E-state index in [1.54, 1.807) is 30.3 Å². The molecular formula is C13H23O14P3. The molecule has 0 bridgehead atoms. The molecule has 3 atom stereocenters. The summed E-state index contributed by atoms with van der Waals surface area (Å²) in [5.74, 6) is 0. The molecule has 0 fully saturated rings. The highest BCUT2D eigenvalue weighted by atomic mass is 31.2. The van der Waals surface area contributed by atoms with Crippen LogP contribution in [0.15, 0.2) is 30.3 Å². The lowest BCUT2D eigenvalue weighted by Gasteiger charge is -2.32. The predicted octanol–water partition coefficient (Wildman–Crippen LogP) is -0.328. The third-order valence-electron chi connectivity index (χ3n) is 3.38. The second-order valence-corrected chi connectivity index (χ2v) is 9.40. The number of ether oxygens (including phenoxy) is 1. The van der Waals surface area contributed by atoms with Crippen molar-refractivity contribution in [2.45, 2.75) is 24.7 Å². The van der Waals surface area contributed by atoms with Crippen LogP contribution in [0.25, 0.3) is 0 Å². The van der Waals surface area contributed by atoms with Gasteiger partial charge >= 0.3 is 23.5 Å². The minimum absolute atomic E-state index is 0.0171. The molecule has 0 radical (unpaired) electrons. The SMILES string of the molecule is O=P(O)(O)O[C@H]([C@@H](CO)OP(=O)(O)O)[C@@H](COCCc1ccccc1)OP(=O)(O)O. The fourth-order valence-corrected chi connectivity index (χ4v) is 3.96. The first-order chi connectivity index (χ1) is 13.7. The summed E-state index contributed by atoms with van der Waals surface area (Å²) in [6.07, 6.45) is -5.99. The van der Waals surface area contributed by atoms with Crippen LogP contribution in [-0.2, 0) is 38.4 Å². The highest BCUT2D eigenvalue weighted by Crippen LogP contribution is 2.46. The van der Waals surface area contributed by atoms with Crippen molar-refractivity contribution in [1.29, 1.82) is 0 Å². The summed E-state index contributed by atoms with van der Waals surface area (Å²) in [6, 6.07) is 8.88. The Morgan fingerprint density at radius 1 is 0.767 bits per heavy atom. The molecule has 174 valence electrons. The molecule has 0 amide bonds. The smallest absolute Gasteiger partial charge is 0.394 e. The minimum atomic E-state index is -5.39. The molecule has 0 aliphatic carbocycles. The van der Waals surface area contributed by atoms with Crippen LogP contribution < -0.4 is 0 Å². The first kappa shape index (κ1) is 27.5. The molecule has 0 aromatic heterocycles. The maximum Gasteiger partial charge on any atom is 0.470 e. The Balaban J connectivity index is 3.00. The number of rotatable bonds is 14. The van der Waals surface area contributed by atoms with E-state index >= 15 is 0 Å². The lowest BCUT2D eigenvalue weighted by atomic mass is 10.1. The van der Waals surface area contributed by atoms with E-state index in [9.17, 15) is 18.8 Å². The molecule has 0 unspecified atom stereocenters. The van der Waals surface area contributed by atoms with Gasteiger partial charge in [-0.3, -0.25) is 13.6 Å². The Morgan fingerprint density at radius 2 is 1.27 bits per heavy atom. The molecule has 14 nitrogen and oxygen atoms in total. The van der Waals surface area contributed by atoms with Crippen molar-refractivity contribution < 1.29 is 66.5 Å². The first-order valence-electron chi connectivity index (χ1n) is 8.14. The van der Waals surface area contributed by atoms with Gasteiger partial charge in [0.2, 0.25) is 0 Å². The van der Waals surface area contributed by atoms with Crippen LogP contribution in [0.3, 0.4) is 0 Å². The molecule has 0 spiro atoms. The van der Waals surface area contributed by atoms with E-state index in [0.717, 1.165) is 5.56 Å². The second kappa shape index (κ2) is 11.9. The third-order valence-corrected chi connectivity index (χ3v) is 4.99. The Hall–Kier alpha value is -0.530. The molecule has 7 N–H and O–H groups in total. The van der Waals surface area contributed by atoms with Gasteiger partial charge in [0.15, 0.2) is 0 Å². The van der Waals surface area contributed by atoms with Crippen LogP contribution in [0.4, 0.5) is 0 Å². The maximum atomic E-state index is 11.3. The van der Waals surface area contributed by atoms with Crippen LogP contribution in [0.1, 0.15) is 5.56 Å². The third kappa shape index (κ3) is 12.4. The van der Waals surface area contributed by atoms with Gasteiger partial charge in [-0.05, 0) is 12.0 Å². The molecule has 1 aromatic carbocycles. The average molecular weight is 496 g/mol. The zero-order valence-electron chi connectivity index (χ0n) is 15.3. The topological polar surface area (TPSA) is 230 Å². The number of phosphoric ester groups is 3. The van der Waals surface area contributed by atoms with Gasteiger partial charge in [0.1, 0.15) is 18.3 Å². The molecule has 0 aliphatic rings. The highest BCUT2D eigenvalue weighted by Gasteiger charge is 2.42. The van der Waals surface area contributed by atoms with E-state index in [-0.39, 0.29) is 6.61 Å². The van der Waals surface area contributed by atoms with Gasteiger partial charge < -0.3 is 39.2 Å². The number of aliphatic hydroxyl groups excluding tert-OH is 1. The minimum Gasteiger partial charge on any atom is -0.394 e. The fraction of sp³-hybridized carbons (Fsp3) is 0.538. The number of phosphoric acid groups is 3. The lowest BCUT2D eigenvalue weighted by molar-refractivity contribution is -0.0899. The lowest BCUT2D eigenvalue weighted by Crippen LogP contribution is -2.45. The molecule has 1 aromatic rings. The molecule has 1 rings (SSSR count). The van der Waals surface area contributed by atoms with Gasteiger partial charge in [-0.25, -0.2) is 13.7 Å². The maximum absolute atomic E-state index is 11.3. The summed E-state index contributed by atoms with van der Waals surface area (Å²) in [6.45, 7) is -2.00. The quantitative estimate of drug-likeness (QED) is 0.129. The van der Waals surface area contributed by atoms with E-state index in [4.69, 9.17) is 34.1 Å². The average Bonchev–Trinajstić information content (AvgIpc) is 2.59. The van der Waals surface area contributed by atoms with Gasteiger partial charge in [-0.1, -0.05) is 30.3 Å². The van der Waals surface area contributed by atoms with Crippen molar-refractivity contribution >= 4 is 23.5 Å². The normalized spacial score (nSPS) is 16.2. The Morgan fingerprint density at radius 3 is 1.73 bits per heavy atom. The number of hydrogen-bond donors (Lipinski definition) is 7. The second-order valence-electron chi connectivity index (χ2n) is 5.82. The first-order valence-corrected chi connectivity index (χ1v) is 12.7. The number of benzene rings is 1. The van der Waals surface area contributed by atoms with Crippen LogP contribution in [0.5, 0.6) is 0 Å². The summed E-state index contributed by atoms with van der Waals surface area (Å²) in [4.78, 5) is 54.1. The number of hydrogen-bond acceptors (Lipinski definition) is 8. The van der Waals surface area contributed by atoms with E-state index in [1.165, 1.54) is 0 Å². The monoisotopic (exact) mass is 496 g/mol. The summed E-state index contributed by atoms with van der Waals surface area (Å²) < 4.78 is 51.9. The number of aliphatic hydroxyl groups is 1. The van der Waals surface area contributed by atoms with Gasteiger partial charge in [0.25, 0.3) is 0 Å². The van der Waals surface area contributed by atoms with Crippen molar-refractivity contribution in [2.75, 3.05) is 19.8 Å². The molecule has 0 aliphatic heterocycles. The zero-order valence-corrected chi connectivity index (χ0v) is 18.0. The molecule has 0 saturated carbocycles. The van der Waals surface area contributed by atoms with Crippen LogP contribution in [0, 0.1) is 0 Å². The predicted molar refractivity (Wildman–Crippen MR) is 98.8 cm³/mol. The summed E-state index contributed by atoms with van der Waals surface area (Å²) in [5.41, 5.74) is 0.853. The van der Waals surface area contributed by atoms with Crippen LogP contribution in [-0.4, -0.2) is 72.6 Å². The van der Waals surface area contributed by atoms with Crippen molar-refractivity contribution in [2.24, 2.45) is 0 Å². The zero-order chi connectivity index (χ0) is 23.0. The van der Waals surface area contributed by atoms with E-state index in [1.807, 2.05) is 0 Å². The summed E-state index contributed by atoms with van der Waals surface area (Å²) >= 11 is 0. The molecule has 17 heteroatoms. The Labute approximate surface area is 171 Å². The van der Waals surface area contributed by atoms with Gasteiger partial charge in [0.05, 0.1) is 19.8 Å². The van der Waals surface area contributed by atoms with Crippen molar-refractivity contribution in [3.8, 4) is 0 Å². The van der Waals surface area contributed by atoms with Crippen molar-refractivity contribution in [3.63, 3.8) is 0 Å². The molecular weight excluding hydrogens is 473 g/mol. The standard InChI is InChI=1S/C13H23O14P3/c14-8-11(25-28(15,16)17)13(27-30(21,22)23)12(26-29(18,19)20)9-24-7-6-10-4-2-1-3-5-10/h1-5,11-14H,6-9H2,(H2,15,16,17)(H2,18,19,20)(H2,21,22,23)/t11-,12-,13-/m1/s1.